The number of carbonyl (C=O) groups is 1. The van der Waals surface area contributed by atoms with E-state index in [0.717, 1.165) is 0 Å². The van der Waals surface area contributed by atoms with E-state index in [9.17, 15) is 9.18 Å². The van der Waals surface area contributed by atoms with Crippen molar-refractivity contribution in [3.8, 4) is 11.8 Å². The third-order valence-electron chi connectivity index (χ3n) is 2.89. The molecule has 0 fully saturated rings. The minimum atomic E-state index is -0.492. The molecule has 23 heavy (non-hydrogen) atoms. The van der Waals surface area contributed by atoms with E-state index in [0.29, 0.717) is 16.9 Å². The van der Waals surface area contributed by atoms with Crippen LogP contribution in [0, 0.1) is 17.1 Å². The molecule has 2 rings (SSSR count). The van der Waals surface area contributed by atoms with E-state index in [2.05, 4.69) is 10.5 Å². The van der Waals surface area contributed by atoms with Crippen LogP contribution < -0.4 is 10.2 Å². The monoisotopic (exact) mass is 311 g/mol. The van der Waals surface area contributed by atoms with E-state index >= 15 is 0 Å². The van der Waals surface area contributed by atoms with Crippen molar-refractivity contribution in [2.24, 2.45) is 5.10 Å². The van der Waals surface area contributed by atoms with Gasteiger partial charge in [-0.25, -0.2) is 9.82 Å². The summed E-state index contributed by atoms with van der Waals surface area (Å²) in [7, 11) is 0. The molecule has 0 aliphatic carbocycles. The second kappa shape index (κ2) is 8.29. The Hall–Kier alpha value is -3.20. The smallest absolute Gasteiger partial charge is 0.254 e. The number of hydrogen-bond acceptors (Lipinski definition) is 4. The van der Waals surface area contributed by atoms with Crippen LogP contribution in [0.1, 0.15) is 17.5 Å². The number of nitriles is 1. The van der Waals surface area contributed by atoms with Crippen molar-refractivity contribution in [1.82, 2.24) is 5.43 Å². The lowest BCUT2D eigenvalue weighted by molar-refractivity contribution is -0.120. The number of para-hydroxylation sites is 1. The van der Waals surface area contributed by atoms with Crippen LogP contribution in [0.25, 0.3) is 0 Å². The maximum atomic E-state index is 13.6. The zero-order valence-electron chi connectivity index (χ0n) is 12.2. The van der Waals surface area contributed by atoms with Crippen molar-refractivity contribution in [3.05, 3.63) is 65.5 Å². The van der Waals surface area contributed by atoms with Crippen LogP contribution in [0.3, 0.4) is 0 Å². The first-order valence-electron chi connectivity index (χ1n) is 6.85. The summed E-state index contributed by atoms with van der Waals surface area (Å²) in [6.07, 6.45) is 1.15. The summed E-state index contributed by atoms with van der Waals surface area (Å²) < 4.78 is 19.2. The molecular formula is C17H14FN3O2. The third-order valence-corrected chi connectivity index (χ3v) is 2.89. The first-order chi connectivity index (χ1) is 11.2. The SMILES string of the molecule is N#CCC(=O)NN=Cc1ccccc1OCc1ccccc1F. The number of ether oxygens (including phenoxy) is 1. The quantitative estimate of drug-likeness (QED) is 0.658. The second-order valence-corrected chi connectivity index (χ2v) is 4.55. The molecule has 0 aromatic heterocycles. The zero-order valence-corrected chi connectivity index (χ0v) is 12.2. The van der Waals surface area contributed by atoms with Crippen LogP contribution in [0.5, 0.6) is 5.75 Å². The van der Waals surface area contributed by atoms with Crippen LogP contribution in [0.4, 0.5) is 4.39 Å². The molecular weight excluding hydrogens is 297 g/mol. The Balaban J connectivity index is 2.03. The molecule has 0 bridgehead atoms. The van der Waals surface area contributed by atoms with Gasteiger partial charge in [-0.2, -0.15) is 10.4 Å². The molecule has 0 unspecified atom stereocenters. The normalized spacial score (nSPS) is 10.3. The third kappa shape index (κ3) is 4.93. The van der Waals surface area contributed by atoms with E-state index in [1.54, 1.807) is 48.5 Å². The molecule has 0 aliphatic heterocycles. The van der Waals surface area contributed by atoms with Gasteiger partial charge in [0.2, 0.25) is 0 Å². The fourth-order valence-corrected chi connectivity index (χ4v) is 1.77. The average molecular weight is 311 g/mol. The van der Waals surface area contributed by atoms with Crippen LogP contribution in [-0.4, -0.2) is 12.1 Å². The van der Waals surface area contributed by atoms with E-state index in [-0.39, 0.29) is 18.8 Å². The van der Waals surface area contributed by atoms with Gasteiger partial charge >= 0.3 is 0 Å². The molecule has 1 N–H and O–H groups in total. The molecule has 0 atom stereocenters. The van der Waals surface area contributed by atoms with E-state index < -0.39 is 5.91 Å². The van der Waals surface area contributed by atoms with E-state index in [1.165, 1.54) is 12.3 Å². The van der Waals surface area contributed by atoms with Gasteiger partial charge in [-0.1, -0.05) is 30.3 Å². The Morgan fingerprint density at radius 3 is 2.78 bits per heavy atom. The summed E-state index contributed by atoms with van der Waals surface area (Å²) in [4.78, 5) is 11.1. The minimum absolute atomic E-state index is 0.0817. The summed E-state index contributed by atoms with van der Waals surface area (Å²) in [6, 6.07) is 15.1. The van der Waals surface area contributed by atoms with Crippen molar-refractivity contribution in [1.29, 1.82) is 5.26 Å². The molecule has 0 saturated carbocycles. The van der Waals surface area contributed by atoms with Crippen LogP contribution in [-0.2, 0) is 11.4 Å². The summed E-state index contributed by atoms with van der Waals surface area (Å²) in [5.74, 6) is -0.315. The molecule has 1 amide bonds. The molecule has 5 nitrogen and oxygen atoms in total. The number of halogens is 1. The van der Waals surface area contributed by atoms with Crippen molar-refractivity contribution >= 4 is 12.1 Å². The summed E-state index contributed by atoms with van der Waals surface area (Å²) in [6.45, 7) is 0.0817. The predicted molar refractivity (Wildman–Crippen MR) is 83.1 cm³/mol. The van der Waals surface area contributed by atoms with Gasteiger partial charge in [0, 0.05) is 11.1 Å². The highest BCUT2D eigenvalue weighted by molar-refractivity contribution is 5.85. The van der Waals surface area contributed by atoms with Gasteiger partial charge in [0.25, 0.3) is 5.91 Å². The van der Waals surface area contributed by atoms with Gasteiger partial charge in [0.05, 0.1) is 12.3 Å². The number of nitrogens with one attached hydrogen (secondary N) is 1. The molecule has 0 spiro atoms. The highest BCUT2D eigenvalue weighted by Crippen LogP contribution is 2.18. The Labute approximate surface area is 133 Å². The van der Waals surface area contributed by atoms with E-state index in [4.69, 9.17) is 10.00 Å². The number of carbonyl (C=O) groups excluding carboxylic acids is 1. The molecule has 0 saturated heterocycles. The topological polar surface area (TPSA) is 74.5 Å². The van der Waals surface area contributed by atoms with E-state index in [1.807, 2.05) is 0 Å². The highest BCUT2D eigenvalue weighted by Gasteiger charge is 2.05. The maximum absolute atomic E-state index is 13.6. The number of hydrogen-bond donors (Lipinski definition) is 1. The zero-order chi connectivity index (χ0) is 16.5. The number of amides is 1. The van der Waals surface area contributed by atoms with Gasteiger partial charge in [-0.05, 0) is 18.2 Å². The molecule has 0 radical (unpaired) electrons. The number of rotatable bonds is 6. The molecule has 116 valence electrons. The van der Waals surface area contributed by atoms with Crippen molar-refractivity contribution in [3.63, 3.8) is 0 Å². The maximum Gasteiger partial charge on any atom is 0.254 e. The lowest BCUT2D eigenvalue weighted by Gasteiger charge is -2.09. The summed E-state index contributed by atoms with van der Waals surface area (Å²) in [5.41, 5.74) is 3.31. The average Bonchev–Trinajstić information content (AvgIpc) is 2.55. The first-order valence-corrected chi connectivity index (χ1v) is 6.85. The summed E-state index contributed by atoms with van der Waals surface area (Å²) in [5, 5.41) is 12.1. The standard InChI is InChI=1S/C17H14FN3O2/c18-15-7-3-1-6-14(15)12-23-16-8-4-2-5-13(16)11-20-21-17(22)9-10-19/h1-8,11H,9,12H2,(H,21,22). The van der Waals surface area contributed by atoms with Crippen molar-refractivity contribution in [2.45, 2.75) is 13.0 Å². The largest absolute Gasteiger partial charge is 0.488 e. The van der Waals surface area contributed by atoms with Crippen LogP contribution >= 0.6 is 0 Å². The van der Waals surface area contributed by atoms with Crippen LogP contribution in [0.2, 0.25) is 0 Å². The lowest BCUT2D eigenvalue weighted by Crippen LogP contribution is -2.16. The minimum Gasteiger partial charge on any atom is -0.488 e. The molecule has 6 heteroatoms. The Bertz CT molecular complexity index is 753. The Morgan fingerprint density at radius 1 is 1.26 bits per heavy atom. The number of hydrazone groups is 1. The second-order valence-electron chi connectivity index (χ2n) is 4.55. The highest BCUT2D eigenvalue weighted by atomic mass is 19.1. The van der Waals surface area contributed by atoms with Crippen LogP contribution in [0.15, 0.2) is 53.6 Å². The Morgan fingerprint density at radius 2 is 2.00 bits per heavy atom. The molecule has 2 aromatic carbocycles. The molecule has 0 heterocycles. The van der Waals surface area contributed by atoms with Gasteiger partial charge in [0.1, 0.15) is 24.6 Å². The van der Waals surface area contributed by atoms with Gasteiger partial charge in [-0.3, -0.25) is 4.79 Å². The fourth-order valence-electron chi connectivity index (χ4n) is 1.77. The molecule has 2 aromatic rings. The summed E-state index contributed by atoms with van der Waals surface area (Å²) >= 11 is 0. The van der Waals surface area contributed by atoms with Crippen molar-refractivity contribution in [2.75, 3.05) is 0 Å². The number of benzene rings is 2. The lowest BCUT2D eigenvalue weighted by atomic mass is 10.2. The molecule has 0 aliphatic rings. The Kier molecular flexibility index (Phi) is 5.83. The van der Waals surface area contributed by atoms with Crippen molar-refractivity contribution < 1.29 is 13.9 Å². The van der Waals surface area contributed by atoms with Gasteiger partial charge < -0.3 is 4.74 Å². The first kappa shape index (κ1) is 16.2. The van der Waals surface area contributed by atoms with Gasteiger partial charge in [-0.15, -0.1) is 0 Å². The predicted octanol–water partition coefficient (Wildman–Crippen LogP) is 2.77. The fraction of sp³-hybridized carbons (Fsp3) is 0.118. The number of nitrogens with zero attached hydrogens (tertiary/aromatic N) is 2. The van der Waals surface area contributed by atoms with Gasteiger partial charge in [0.15, 0.2) is 0 Å².